The summed E-state index contributed by atoms with van der Waals surface area (Å²) in [6, 6.07) is 7.44. The van der Waals surface area contributed by atoms with Gasteiger partial charge in [0.15, 0.2) is 0 Å². The first-order chi connectivity index (χ1) is 14.9. The van der Waals surface area contributed by atoms with Crippen molar-refractivity contribution < 1.29 is 9.59 Å². The Bertz CT molecular complexity index is 1050. The molecule has 2 aliphatic rings. The molecule has 0 aliphatic carbocycles. The number of rotatable bonds is 7. The maximum absolute atomic E-state index is 12.7. The minimum Gasteiger partial charge on any atom is -0.356 e. The number of hydrogen-bond acceptors (Lipinski definition) is 5. The van der Waals surface area contributed by atoms with Crippen molar-refractivity contribution in [1.29, 1.82) is 0 Å². The number of nitrogens with zero attached hydrogens (tertiary/aromatic N) is 3. The summed E-state index contributed by atoms with van der Waals surface area (Å²) in [6.07, 6.45) is 2.69. The summed E-state index contributed by atoms with van der Waals surface area (Å²) in [7, 11) is 0. The Kier molecular flexibility index (Phi) is 6.06. The van der Waals surface area contributed by atoms with Crippen LogP contribution in [0.25, 0.3) is 0 Å². The molecule has 8 heteroatoms. The molecule has 0 bridgehead atoms. The van der Waals surface area contributed by atoms with E-state index in [-0.39, 0.29) is 23.3 Å². The van der Waals surface area contributed by atoms with Gasteiger partial charge in [0.25, 0.3) is 5.56 Å². The van der Waals surface area contributed by atoms with E-state index in [1.165, 1.54) is 6.07 Å². The van der Waals surface area contributed by atoms with E-state index in [2.05, 4.69) is 15.3 Å². The average molecular weight is 424 g/mol. The van der Waals surface area contributed by atoms with Gasteiger partial charge in [0.1, 0.15) is 0 Å². The summed E-state index contributed by atoms with van der Waals surface area (Å²) < 4.78 is 0. The molecule has 2 N–H and O–H groups in total. The molecule has 0 spiro atoms. The van der Waals surface area contributed by atoms with Crippen LogP contribution >= 0.6 is 0 Å². The number of H-pyrrole nitrogens is 1. The zero-order chi connectivity index (χ0) is 22.0. The maximum Gasteiger partial charge on any atom is 0.252 e. The normalized spacial score (nSPS) is 18.8. The molecule has 4 rings (SSSR count). The van der Waals surface area contributed by atoms with E-state index in [4.69, 9.17) is 0 Å². The van der Waals surface area contributed by atoms with E-state index < -0.39 is 0 Å². The quantitative estimate of drug-likeness (QED) is 0.666. The molecule has 8 nitrogen and oxygen atoms in total. The number of hydrogen-bond donors (Lipinski definition) is 2. The summed E-state index contributed by atoms with van der Waals surface area (Å²) in [5.74, 6) is 0.545. The van der Waals surface area contributed by atoms with Crippen molar-refractivity contribution in [1.82, 2.24) is 14.9 Å². The van der Waals surface area contributed by atoms with Crippen LogP contribution in [0.3, 0.4) is 0 Å². The molecule has 2 aromatic rings. The molecule has 3 heterocycles. The highest BCUT2D eigenvalue weighted by Crippen LogP contribution is 2.33. The maximum atomic E-state index is 12.7. The van der Waals surface area contributed by atoms with E-state index in [1.807, 2.05) is 36.9 Å². The van der Waals surface area contributed by atoms with Gasteiger partial charge in [-0.1, -0.05) is 12.1 Å². The molecule has 2 amide bonds. The van der Waals surface area contributed by atoms with Crippen LogP contribution in [-0.2, 0) is 9.59 Å². The fourth-order valence-electron chi connectivity index (χ4n) is 4.35. The van der Waals surface area contributed by atoms with Crippen LogP contribution in [0.1, 0.15) is 48.4 Å². The second kappa shape index (κ2) is 8.91. The molecule has 2 fully saturated rings. The van der Waals surface area contributed by atoms with E-state index >= 15 is 0 Å². The van der Waals surface area contributed by atoms with Gasteiger partial charge in [0.2, 0.25) is 17.8 Å². The van der Waals surface area contributed by atoms with Crippen molar-refractivity contribution in [2.45, 2.75) is 45.4 Å². The lowest BCUT2D eigenvalue weighted by atomic mass is 10.0. The van der Waals surface area contributed by atoms with Gasteiger partial charge in [-0.2, -0.15) is 0 Å². The van der Waals surface area contributed by atoms with Gasteiger partial charge in [0.05, 0.1) is 5.69 Å². The van der Waals surface area contributed by atoms with Crippen LogP contribution in [0, 0.1) is 13.8 Å². The van der Waals surface area contributed by atoms with Crippen molar-refractivity contribution in [3.63, 3.8) is 0 Å². The van der Waals surface area contributed by atoms with Gasteiger partial charge >= 0.3 is 0 Å². The van der Waals surface area contributed by atoms with Crippen LogP contribution in [-0.4, -0.2) is 52.9 Å². The third-order valence-corrected chi connectivity index (χ3v) is 6.24. The molecule has 164 valence electrons. The Labute approximate surface area is 181 Å². The Balaban J connectivity index is 1.41. The zero-order valence-electron chi connectivity index (χ0n) is 18.1. The predicted molar refractivity (Wildman–Crippen MR) is 119 cm³/mol. The van der Waals surface area contributed by atoms with E-state index in [0.29, 0.717) is 44.1 Å². The van der Waals surface area contributed by atoms with E-state index in [1.54, 1.807) is 4.90 Å². The fourth-order valence-corrected chi connectivity index (χ4v) is 4.35. The lowest BCUT2D eigenvalue weighted by Crippen LogP contribution is -2.27. The Morgan fingerprint density at radius 3 is 2.81 bits per heavy atom. The molecule has 1 aromatic heterocycles. The highest BCUT2D eigenvalue weighted by Gasteiger charge is 2.33. The number of carbonyl (C=O) groups excluding carboxylic acids is 2. The van der Waals surface area contributed by atoms with E-state index in [0.717, 1.165) is 36.2 Å². The highest BCUT2D eigenvalue weighted by molar-refractivity contribution is 5.97. The Hall–Kier alpha value is -3.16. The van der Waals surface area contributed by atoms with Crippen LogP contribution < -0.4 is 15.8 Å². The molecule has 1 aromatic carbocycles. The van der Waals surface area contributed by atoms with Crippen LogP contribution in [0.4, 0.5) is 11.6 Å². The van der Waals surface area contributed by atoms with Gasteiger partial charge in [0, 0.05) is 56.7 Å². The number of aryl methyl sites for hydroxylation is 1. The first-order valence-electron chi connectivity index (χ1n) is 10.9. The van der Waals surface area contributed by atoms with Gasteiger partial charge < -0.3 is 15.1 Å². The van der Waals surface area contributed by atoms with Gasteiger partial charge in [-0.3, -0.25) is 19.4 Å². The van der Waals surface area contributed by atoms with Crippen molar-refractivity contribution >= 4 is 23.5 Å². The van der Waals surface area contributed by atoms with Gasteiger partial charge in [-0.25, -0.2) is 4.98 Å². The Morgan fingerprint density at radius 2 is 2.03 bits per heavy atom. The average Bonchev–Trinajstić information content (AvgIpc) is 3.32. The van der Waals surface area contributed by atoms with E-state index in [9.17, 15) is 14.4 Å². The molecular weight excluding hydrogens is 394 g/mol. The standard InChI is InChI=1S/C23H29N5O3/c1-15-6-3-7-19(16(15)2)28-14-17(12-22(28)31)18-13-20(29)26-23(25-18)24-9-5-11-27-10-4-8-21(27)30/h3,6-7,13,17H,4-5,8-12,14H2,1-2H3,(H2,24,25,26,29)/t17-/m1/s1. The lowest BCUT2D eigenvalue weighted by molar-refractivity contribution is -0.127. The summed E-state index contributed by atoms with van der Waals surface area (Å²) >= 11 is 0. The monoisotopic (exact) mass is 423 g/mol. The first kappa shape index (κ1) is 21.1. The first-order valence-corrected chi connectivity index (χ1v) is 10.9. The number of aromatic nitrogens is 2. The smallest absolute Gasteiger partial charge is 0.252 e. The lowest BCUT2D eigenvalue weighted by Gasteiger charge is -2.20. The number of benzene rings is 1. The highest BCUT2D eigenvalue weighted by atomic mass is 16.2. The number of nitrogens with one attached hydrogen (secondary N) is 2. The summed E-state index contributed by atoms with van der Waals surface area (Å²) in [4.78, 5) is 47.6. The van der Waals surface area contributed by atoms with Crippen LogP contribution in [0.15, 0.2) is 29.1 Å². The topological polar surface area (TPSA) is 98.4 Å². The molecule has 0 unspecified atom stereocenters. The summed E-state index contributed by atoms with van der Waals surface area (Å²) in [5.41, 5.74) is 3.55. The minimum absolute atomic E-state index is 0.0468. The minimum atomic E-state index is -0.236. The van der Waals surface area contributed by atoms with Crippen molar-refractivity contribution in [3.05, 3.63) is 51.4 Å². The Morgan fingerprint density at radius 1 is 1.19 bits per heavy atom. The molecule has 0 radical (unpaired) electrons. The second-order valence-electron chi connectivity index (χ2n) is 8.41. The van der Waals surface area contributed by atoms with Crippen molar-refractivity contribution in [3.8, 4) is 0 Å². The summed E-state index contributed by atoms with van der Waals surface area (Å²) in [5, 5.41) is 3.16. The molecule has 0 saturated carbocycles. The van der Waals surface area contributed by atoms with Crippen LogP contribution in [0.2, 0.25) is 0 Å². The molecule has 2 aliphatic heterocycles. The third kappa shape index (κ3) is 4.62. The number of aromatic amines is 1. The SMILES string of the molecule is Cc1cccc(N2C[C@H](c3cc(=O)[nH]c(NCCCN4CCCC4=O)n3)CC2=O)c1C. The summed E-state index contributed by atoms with van der Waals surface area (Å²) in [6.45, 7) is 6.71. The van der Waals surface area contributed by atoms with Crippen molar-refractivity contribution in [2.24, 2.45) is 0 Å². The number of amides is 2. The third-order valence-electron chi connectivity index (χ3n) is 6.24. The van der Waals surface area contributed by atoms with Crippen molar-refractivity contribution in [2.75, 3.05) is 36.4 Å². The number of carbonyl (C=O) groups is 2. The van der Waals surface area contributed by atoms with Crippen LogP contribution in [0.5, 0.6) is 0 Å². The fraction of sp³-hybridized carbons (Fsp3) is 0.478. The molecule has 31 heavy (non-hydrogen) atoms. The number of likely N-dealkylation sites (tertiary alicyclic amines) is 1. The molecule has 2 saturated heterocycles. The largest absolute Gasteiger partial charge is 0.356 e. The van der Waals surface area contributed by atoms with Gasteiger partial charge in [-0.15, -0.1) is 0 Å². The zero-order valence-corrected chi connectivity index (χ0v) is 18.1. The number of anilines is 2. The molecule has 1 atom stereocenters. The predicted octanol–water partition coefficient (Wildman–Crippen LogP) is 2.33. The van der Waals surface area contributed by atoms with Gasteiger partial charge in [-0.05, 0) is 43.9 Å². The molecular formula is C23H29N5O3. The second-order valence-corrected chi connectivity index (χ2v) is 8.41.